The molecule has 0 radical (unpaired) electrons. The SMILES string of the molecule is COc1cccc([C@H]2OC(c3ccc(OCCCO)cc3)=N[C@@]2(Cc2ccc(Br)cc2)C(=O)NCc2ccc(Cl)c(Cl)c2)c1. The molecule has 5 rings (SSSR count). The highest BCUT2D eigenvalue weighted by Crippen LogP contribution is 2.43. The molecule has 1 aliphatic heterocycles. The van der Waals surface area contributed by atoms with E-state index in [2.05, 4.69) is 21.2 Å². The second-order valence-electron chi connectivity index (χ2n) is 10.3. The largest absolute Gasteiger partial charge is 0.497 e. The molecule has 228 valence electrons. The van der Waals surface area contributed by atoms with E-state index in [1.54, 1.807) is 19.2 Å². The van der Waals surface area contributed by atoms with E-state index in [1.165, 1.54) is 0 Å². The second-order valence-corrected chi connectivity index (χ2v) is 12.0. The standard InChI is InChI=1S/C34H31BrCl2N2O5/c1-42-28-5-2-4-25(19-28)31-34(20-22-6-11-26(35)12-7-22,33(41)38-21-23-8-15-29(36)30(37)18-23)39-32(44-31)24-9-13-27(14-10-24)43-17-3-16-40/h2,4-15,18-19,31,40H,3,16-17,20-21H2,1H3,(H,38,41)/t31-,34-/m1/s1. The molecule has 0 aliphatic carbocycles. The van der Waals surface area contributed by atoms with E-state index in [0.717, 1.165) is 21.2 Å². The van der Waals surface area contributed by atoms with Crippen molar-refractivity contribution in [2.75, 3.05) is 20.3 Å². The Balaban J connectivity index is 1.56. The first kappa shape index (κ1) is 31.9. The molecule has 0 fully saturated rings. The Morgan fingerprint density at radius 3 is 2.43 bits per heavy atom. The molecule has 1 aliphatic rings. The van der Waals surface area contributed by atoms with Crippen LogP contribution in [-0.2, 0) is 22.5 Å². The summed E-state index contributed by atoms with van der Waals surface area (Å²) in [5.74, 6) is 1.32. The molecular formula is C34H31BrCl2N2O5. The number of benzene rings is 4. The molecule has 1 amide bonds. The van der Waals surface area contributed by atoms with Gasteiger partial charge in [0.05, 0.1) is 23.8 Å². The van der Waals surface area contributed by atoms with Crippen molar-refractivity contribution in [2.45, 2.75) is 31.0 Å². The molecule has 0 spiro atoms. The number of ether oxygens (including phenoxy) is 3. The molecule has 2 N–H and O–H groups in total. The maximum atomic E-state index is 14.4. The number of nitrogens with zero attached hydrogens (tertiary/aromatic N) is 1. The lowest BCUT2D eigenvalue weighted by Crippen LogP contribution is -2.49. The van der Waals surface area contributed by atoms with Gasteiger partial charge in [-0.2, -0.15) is 0 Å². The van der Waals surface area contributed by atoms with Crippen molar-refractivity contribution in [3.8, 4) is 11.5 Å². The maximum Gasteiger partial charge on any atom is 0.252 e. The number of amides is 1. The Morgan fingerprint density at radius 1 is 0.977 bits per heavy atom. The third-order valence-corrected chi connectivity index (χ3v) is 8.52. The summed E-state index contributed by atoms with van der Waals surface area (Å²) in [4.78, 5) is 19.5. The van der Waals surface area contributed by atoms with Gasteiger partial charge in [0, 0.05) is 36.0 Å². The molecule has 10 heteroatoms. The quantitative estimate of drug-likeness (QED) is 0.151. The average Bonchev–Trinajstić information content (AvgIpc) is 3.43. The Bertz CT molecular complexity index is 1630. The molecule has 0 aromatic heterocycles. The topological polar surface area (TPSA) is 89.4 Å². The Labute approximate surface area is 274 Å². The molecule has 0 saturated carbocycles. The Morgan fingerprint density at radius 2 is 1.73 bits per heavy atom. The number of methoxy groups -OCH3 is 1. The first-order valence-corrected chi connectivity index (χ1v) is 15.6. The van der Waals surface area contributed by atoms with Crippen LogP contribution in [0.3, 0.4) is 0 Å². The third-order valence-electron chi connectivity index (χ3n) is 7.25. The summed E-state index contributed by atoms with van der Waals surface area (Å²) in [7, 11) is 1.60. The lowest BCUT2D eigenvalue weighted by Gasteiger charge is -2.31. The van der Waals surface area contributed by atoms with Crippen molar-refractivity contribution < 1.29 is 24.1 Å². The van der Waals surface area contributed by atoms with Crippen molar-refractivity contribution in [2.24, 2.45) is 4.99 Å². The van der Waals surface area contributed by atoms with Gasteiger partial charge in [-0.3, -0.25) is 4.79 Å². The van der Waals surface area contributed by atoms with Gasteiger partial charge < -0.3 is 24.6 Å². The second kappa shape index (κ2) is 14.5. The van der Waals surface area contributed by atoms with Crippen molar-refractivity contribution in [3.05, 3.63) is 128 Å². The van der Waals surface area contributed by atoms with Gasteiger partial charge in [0.15, 0.2) is 11.6 Å². The number of carbonyl (C=O) groups excluding carboxylic acids is 1. The van der Waals surface area contributed by atoms with E-state index in [4.69, 9.17) is 47.5 Å². The summed E-state index contributed by atoms with van der Waals surface area (Å²) in [5, 5.41) is 13.0. The minimum atomic E-state index is -1.37. The molecule has 2 atom stereocenters. The van der Waals surface area contributed by atoms with Crippen LogP contribution < -0.4 is 14.8 Å². The van der Waals surface area contributed by atoms with Crippen molar-refractivity contribution in [1.29, 1.82) is 0 Å². The lowest BCUT2D eigenvalue weighted by atomic mass is 9.82. The van der Waals surface area contributed by atoms with Gasteiger partial charge >= 0.3 is 0 Å². The number of aliphatic hydroxyl groups excluding tert-OH is 1. The Kier molecular flexibility index (Phi) is 10.5. The molecule has 4 aromatic rings. The van der Waals surface area contributed by atoms with Crippen molar-refractivity contribution in [3.63, 3.8) is 0 Å². The zero-order valence-corrected chi connectivity index (χ0v) is 27.0. The zero-order chi connectivity index (χ0) is 31.1. The van der Waals surface area contributed by atoms with Crippen LogP contribution in [0.5, 0.6) is 11.5 Å². The zero-order valence-electron chi connectivity index (χ0n) is 23.9. The van der Waals surface area contributed by atoms with Crippen molar-refractivity contribution in [1.82, 2.24) is 5.32 Å². The number of hydrogen-bond donors (Lipinski definition) is 2. The summed E-state index contributed by atoms with van der Waals surface area (Å²) in [6.07, 6.45) is 0.0298. The lowest BCUT2D eigenvalue weighted by molar-refractivity contribution is -0.129. The highest BCUT2D eigenvalue weighted by atomic mass is 79.9. The van der Waals surface area contributed by atoms with Crippen LogP contribution in [0.4, 0.5) is 0 Å². The van der Waals surface area contributed by atoms with Crippen LogP contribution in [0.25, 0.3) is 0 Å². The fraction of sp³-hybridized carbons (Fsp3) is 0.235. The minimum absolute atomic E-state index is 0.0575. The van der Waals surface area contributed by atoms with E-state index >= 15 is 0 Å². The molecular weight excluding hydrogens is 667 g/mol. The summed E-state index contributed by atoms with van der Waals surface area (Å²) in [6, 6.07) is 27.9. The van der Waals surface area contributed by atoms with Crippen LogP contribution in [0.1, 0.15) is 34.8 Å². The van der Waals surface area contributed by atoms with Gasteiger partial charge in [-0.1, -0.05) is 69.5 Å². The molecule has 4 aromatic carbocycles. The smallest absolute Gasteiger partial charge is 0.252 e. The number of rotatable bonds is 12. The molecule has 0 unspecified atom stereocenters. The fourth-order valence-corrected chi connectivity index (χ4v) is 5.57. The molecule has 0 bridgehead atoms. The van der Waals surface area contributed by atoms with Crippen molar-refractivity contribution >= 4 is 50.9 Å². The number of aliphatic hydroxyl groups is 1. The van der Waals surface area contributed by atoms with Crippen LogP contribution in [-0.4, -0.2) is 42.8 Å². The number of hydrogen-bond acceptors (Lipinski definition) is 6. The number of carbonyl (C=O) groups is 1. The number of aliphatic imine (C=N–C) groups is 1. The fourth-order valence-electron chi connectivity index (χ4n) is 4.99. The van der Waals surface area contributed by atoms with E-state index in [0.29, 0.717) is 46.0 Å². The first-order valence-electron chi connectivity index (χ1n) is 14.0. The molecule has 0 saturated heterocycles. The monoisotopic (exact) mass is 696 g/mol. The summed E-state index contributed by atoms with van der Waals surface area (Å²) in [5.41, 5.74) is 1.77. The normalized spacial score (nSPS) is 17.5. The number of halogens is 3. The van der Waals surface area contributed by atoms with Crippen LogP contribution in [0.2, 0.25) is 10.0 Å². The molecule has 7 nitrogen and oxygen atoms in total. The summed E-state index contributed by atoms with van der Waals surface area (Å²) >= 11 is 15.9. The van der Waals surface area contributed by atoms with Gasteiger partial charge in [-0.15, -0.1) is 0 Å². The summed E-state index contributed by atoms with van der Waals surface area (Å²) < 4.78 is 18.7. The molecule has 44 heavy (non-hydrogen) atoms. The van der Waals surface area contributed by atoms with Gasteiger partial charge in [0.25, 0.3) is 5.91 Å². The Hall–Kier alpha value is -3.56. The maximum absolute atomic E-state index is 14.4. The van der Waals surface area contributed by atoms with E-state index in [1.807, 2.05) is 78.9 Å². The van der Waals surface area contributed by atoms with E-state index in [9.17, 15) is 4.79 Å². The van der Waals surface area contributed by atoms with Gasteiger partial charge in [-0.25, -0.2) is 4.99 Å². The summed E-state index contributed by atoms with van der Waals surface area (Å²) in [6.45, 7) is 0.676. The first-order chi connectivity index (χ1) is 21.3. The number of nitrogens with one attached hydrogen (secondary N) is 1. The van der Waals surface area contributed by atoms with Gasteiger partial charge in [-0.05, 0) is 77.4 Å². The van der Waals surface area contributed by atoms with Crippen LogP contribution in [0, 0.1) is 0 Å². The predicted molar refractivity (Wildman–Crippen MR) is 176 cm³/mol. The van der Waals surface area contributed by atoms with E-state index in [-0.39, 0.29) is 25.5 Å². The molecule has 1 heterocycles. The highest BCUT2D eigenvalue weighted by molar-refractivity contribution is 9.10. The van der Waals surface area contributed by atoms with Gasteiger partial charge in [0.1, 0.15) is 11.5 Å². The minimum Gasteiger partial charge on any atom is -0.497 e. The third kappa shape index (κ3) is 7.38. The van der Waals surface area contributed by atoms with E-state index < -0.39 is 11.6 Å². The van der Waals surface area contributed by atoms with Crippen LogP contribution >= 0.6 is 39.1 Å². The van der Waals surface area contributed by atoms with Crippen LogP contribution in [0.15, 0.2) is 100 Å². The average molecular weight is 698 g/mol. The van der Waals surface area contributed by atoms with Gasteiger partial charge in [0.2, 0.25) is 5.90 Å². The predicted octanol–water partition coefficient (Wildman–Crippen LogP) is 7.34. The highest BCUT2D eigenvalue weighted by Gasteiger charge is 2.53.